The van der Waals surface area contributed by atoms with Gasteiger partial charge in [-0.1, -0.05) is 36.5 Å². The zero-order chi connectivity index (χ0) is 11.5. The van der Waals surface area contributed by atoms with Crippen LogP contribution in [0.25, 0.3) is 11.3 Å². The Hall–Kier alpha value is -1.80. The average molecular weight is 240 g/mol. The molecule has 0 saturated heterocycles. The summed E-state index contributed by atoms with van der Waals surface area (Å²) in [6.07, 6.45) is 14.4. The van der Waals surface area contributed by atoms with E-state index in [2.05, 4.69) is 47.9 Å². The summed E-state index contributed by atoms with van der Waals surface area (Å²) in [6, 6.07) is 6.06. The summed E-state index contributed by atoms with van der Waals surface area (Å²) >= 11 is 1.77. The number of hydrogen-bond donors (Lipinski definition) is 0. The van der Waals surface area contributed by atoms with Gasteiger partial charge in [0, 0.05) is 16.4 Å². The predicted octanol–water partition coefficient (Wildman–Crippen LogP) is 4.77. The van der Waals surface area contributed by atoms with Crippen LogP contribution in [-0.4, -0.2) is 0 Å². The fourth-order valence-electron chi connectivity index (χ4n) is 1.95. The first-order chi connectivity index (χ1) is 8.45. The maximum absolute atomic E-state index is 5.48. The van der Waals surface area contributed by atoms with Crippen molar-refractivity contribution in [3.05, 3.63) is 71.2 Å². The van der Waals surface area contributed by atoms with Gasteiger partial charge in [-0.15, -0.1) is 11.3 Å². The Morgan fingerprint density at radius 3 is 2.53 bits per heavy atom. The van der Waals surface area contributed by atoms with E-state index in [0.29, 0.717) is 5.92 Å². The Bertz CT molecular complexity index is 554. The van der Waals surface area contributed by atoms with E-state index in [4.69, 9.17) is 4.42 Å². The quantitative estimate of drug-likeness (QED) is 0.736. The lowest BCUT2D eigenvalue weighted by molar-refractivity contribution is 0.582. The molecule has 1 nitrogen and oxygen atoms in total. The largest absolute Gasteiger partial charge is 0.464 e. The molecule has 2 heterocycles. The van der Waals surface area contributed by atoms with Crippen molar-refractivity contribution in [2.45, 2.75) is 5.92 Å². The van der Waals surface area contributed by atoms with Gasteiger partial charge < -0.3 is 4.42 Å². The molecule has 84 valence electrons. The molecule has 0 amide bonds. The molecule has 0 atom stereocenters. The van der Waals surface area contributed by atoms with Crippen molar-refractivity contribution in [1.82, 2.24) is 0 Å². The van der Waals surface area contributed by atoms with Gasteiger partial charge in [-0.3, -0.25) is 0 Å². The molecule has 0 N–H and O–H groups in total. The summed E-state index contributed by atoms with van der Waals surface area (Å²) in [6.45, 7) is 0. The first-order valence-electron chi connectivity index (χ1n) is 5.58. The van der Waals surface area contributed by atoms with Gasteiger partial charge in [0.25, 0.3) is 0 Å². The molecule has 0 saturated carbocycles. The highest BCUT2D eigenvalue weighted by atomic mass is 32.1. The molecule has 17 heavy (non-hydrogen) atoms. The minimum atomic E-state index is 0.338. The zero-order valence-corrected chi connectivity index (χ0v) is 10.1. The van der Waals surface area contributed by atoms with E-state index in [0.717, 1.165) is 5.76 Å². The molecule has 0 fully saturated rings. The van der Waals surface area contributed by atoms with E-state index >= 15 is 0 Å². The van der Waals surface area contributed by atoms with Crippen LogP contribution in [0.15, 0.2) is 70.7 Å². The van der Waals surface area contributed by atoms with Gasteiger partial charge in [-0.05, 0) is 23.6 Å². The lowest BCUT2D eigenvalue weighted by Gasteiger charge is -2.07. The highest BCUT2D eigenvalue weighted by molar-refractivity contribution is 7.10. The Balaban J connectivity index is 2.02. The Labute approximate surface area is 104 Å². The summed E-state index contributed by atoms with van der Waals surface area (Å²) in [5.74, 6) is 1.28. The van der Waals surface area contributed by atoms with Crippen LogP contribution in [0.2, 0.25) is 0 Å². The SMILES string of the molecule is C1=CC=CC(c2sccc2-c2ccco2)C=C1. The number of rotatable bonds is 2. The van der Waals surface area contributed by atoms with E-state index in [1.807, 2.05) is 12.1 Å². The molecule has 0 bridgehead atoms. The highest BCUT2D eigenvalue weighted by Gasteiger charge is 2.14. The molecule has 0 aliphatic heterocycles. The summed E-state index contributed by atoms with van der Waals surface area (Å²) in [4.78, 5) is 1.33. The molecular weight excluding hydrogens is 228 g/mol. The van der Waals surface area contributed by atoms with Crippen LogP contribution in [0.5, 0.6) is 0 Å². The standard InChI is InChI=1S/C15H12OS/c1-2-4-7-12(6-3-1)15-13(9-11-17-15)14-8-5-10-16-14/h1-12H. The first-order valence-corrected chi connectivity index (χ1v) is 6.46. The van der Waals surface area contributed by atoms with Crippen molar-refractivity contribution < 1.29 is 4.42 Å². The lowest BCUT2D eigenvalue weighted by Crippen LogP contribution is -1.89. The van der Waals surface area contributed by atoms with Crippen LogP contribution in [0, 0.1) is 0 Å². The zero-order valence-electron chi connectivity index (χ0n) is 9.24. The Morgan fingerprint density at radius 2 is 1.82 bits per heavy atom. The molecule has 2 aromatic heterocycles. The molecule has 0 radical (unpaired) electrons. The van der Waals surface area contributed by atoms with Gasteiger partial charge in [-0.2, -0.15) is 0 Å². The number of furan rings is 1. The number of allylic oxidation sites excluding steroid dienone is 6. The van der Waals surface area contributed by atoms with E-state index in [-0.39, 0.29) is 0 Å². The van der Waals surface area contributed by atoms with Crippen molar-refractivity contribution >= 4 is 11.3 Å². The fourth-order valence-corrected chi connectivity index (χ4v) is 2.91. The molecule has 0 aromatic carbocycles. The third-order valence-corrected chi connectivity index (χ3v) is 3.77. The molecule has 0 unspecified atom stereocenters. The topological polar surface area (TPSA) is 13.1 Å². The van der Waals surface area contributed by atoms with E-state index in [1.165, 1.54) is 10.4 Å². The maximum atomic E-state index is 5.48. The predicted molar refractivity (Wildman–Crippen MR) is 72.2 cm³/mol. The van der Waals surface area contributed by atoms with Crippen molar-refractivity contribution in [2.24, 2.45) is 0 Å². The van der Waals surface area contributed by atoms with Crippen LogP contribution in [0.4, 0.5) is 0 Å². The van der Waals surface area contributed by atoms with Crippen molar-refractivity contribution in [2.75, 3.05) is 0 Å². The van der Waals surface area contributed by atoms with Gasteiger partial charge in [-0.25, -0.2) is 0 Å². The molecular formula is C15H12OS. The Kier molecular flexibility index (Phi) is 2.80. The number of thiophene rings is 1. The smallest absolute Gasteiger partial charge is 0.134 e. The normalized spacial score (nSPS) is 15.3. The van der Waals surface area contributed by atoms with Crippen LogP contribution in [0.3, 0.4) is 0 Å². The minimum absolute atomic E-state index is 0.338. The van der Waals surface area contributed by atoms with Crippen molar-refractivity contribution in [3.63, 3.8) is 0 Å². The molecule has 1 aliphatic carbocycles. The first kappa shape index (κ1) is 10.4. The van der Waals surface area contributed by atoms with Gasteiger partial charge in [0.05, 0.1) is 6.26 Å². The van der Waals surface area contributed by atoms with Gasteiger partial charge in [0.2, 0.25) is 0 Å². The van der Waals surface area contributed by atoms with Crippen molar-refractivity contribution in [1.29, 1.82) is 0 Å². The highest BCUT2D eigenvalue weighted by Crippen LogP contribution is 2.36. The molecule has 0 spiro atoms. The van der Waals surface area contributed by atoms with E-state index in [9.17, 15) is 0 Å². The van der Waals surface area contributed by atoms with Crippen molar-refractivity contribution in [3.8, 4) is 11.3 Å². The minimum Gasteiger partial charge on any atom is -0.464 e. The molecule has 2 heteroatoms. The fraction of sp³-hybridized carbons (Fsp3) is 0.0667. The second-order valence-corrected chi connectivity index (χ2v) is 4.80. The third kappa shape index (κ3) is 2.04. The van der Waals surface area contributed by atoms with Crippen LogP contribution < -0.4 is 0 Å². The average Bonchev–Trinajstić information content (AvgIpc) is 2.95. The summed E-state index contributed by atoms with van der Waals surface area (Å²) in [7, 11) is 0. The lowest BCUT2D eigenvalue weighted by atomic mass is 10.0. The van der Waals surface area contributed by atoms with Gasteiger partial charge in [0.15, 0.2) is 0 Å². The van der Waals surface area contributed by atoms with Crippen LogP contribution in [0.1, 0.15) is 10.8 Å². The maximum Gasteiger partial charge on any atom is 0.134 e. The second kappa shape index (κ2) is 4.60. The summed E-state index contributed by atoms with van der Waals surface area (Å²) in [5.41, 5.74) is 1.20. The number of hydrogen-bond acceptors (Lipinski definition) is 2. The van der Waals surface area contributed by atoms with E-state index in [1.54, 1.807) is 17.6 Å². The van der Waals surface area contributed by atoms with Crippen LogP contribution >= 0.6 is 11.3 Å². The van der Waals surface area contributed by atoms with Crippen LogP contribution in [-0.2, 0) is 0 Å². The van der Waals surface area contributed by atoms with Gasteiger partial charge >= 0.3 is 0 Å². The Morgan fingerprint density at radius 1 is 1.00 bits per heavy atom. The third-order valence-electron chi connectivity index (χ3n) is 2.75. The van der Waals surface area contributed by atoms with Gasteiger partial charge in [0.1, 0.15) is 5.76 Å². The summed E-state index contributed by atoms with van der Waals surface area (Å²) < 4.78 is 5.48. The second-order valence-electron chi connectivity index (χ2n) is 3.86. The molecule has 3 rings (SSSR count). The monoisotopic (exact) mass is 240 g/mol. The molecule has 1 aliphatic rings. The van der Waals surface area contributed by atoms with E-state index < -0.39 is 0 Å². The molecule has 2 aromatic rings. The summed E-state index contributed by atoms with van der Waals surface area (Å²) in [5, 5.41) is 2.12.